The van der Waals surface area contributed by atoms with Gasteiger partial charge in [-0.1, -0.05) is 36.0 Å². The molecular weight excluding hydrogens is 338 g/mol. The number of thioether (sulfide) groups is 1. The highest BCUT2D eigenvalue weighted by molar-refractivity contribution is 8.01. The van der Waals surface area contributed by atoms with Crippen LogP contribution in [0.5, 0.6) is 0 Å². The summed E-state index contributed by atoms with van der Waals surface area (Å²) in [5.41, 5.74) is 3.75. The number of carbonyl (C=O) groups is 1. The lowest BCUT2D eigenvalue weighted by Crippen LogP contribution is -2.48. The van der Waals surface area contributed by atoms with Gasteiger partial charge in [-0.15, -0.1) is 11.3 Å². The lowest BCUT2D eigenvalue weighted by molar-refractivity contribution is -0.130. The van der Waals surface area contributed by atoms with Crippen LogP contribution in [0.4, 0.5) is 0 Å². The maximum atomic E-state index is 12.4. The third-order valence-electron chi connectivity index (χ3n) is 4.30. The monoisotopic (exact) mass is 361 g/mol. The van der Waals surface area contributed by atoms with E-state index >= 15 is 0 Å². The number of aromatic nitrogens is 1. The molecule has 0 spiro atoms. The molecule has 1 aromatic heterocycles. The van der Waals surface area contributed by atoms with Gasteiger partial charge in [0, 0.05) is 43.8 Å². The predicted octanol–water partition coefficient (Wildman–Crippen LogP) is 3.20. The zero-order valence-electron chi connectivity index (χ0n) is 14.2. The highest BCUT2D eigenvalue weighted by Gasteiger charge is 2.21. The van der Waals surface area contributed by atoms with Gasteiger partial charge in [-0.05, 0) is 25.0 Å². The zero-order valence-corrected chi connectivity index (χ0v) is 15.8. The van der Waals surface area contributed by atoms with Gasteiger partial charge in [0.15, 0.2) is 4.34 Å². The van der Waals surface area contributed by atoms with E-state index in [0.717, 1.165) is 42.8 Å². The third kappa shape index (κ3) is 4.59. The Labute approximate surface area is 151 Å². The molecule has 0 unspecified atom stereocenters. The highest BCUT2D eigenvalue weighted by Crippen LogP contribution is 2.22. The molecule has 0 N–H and O–H groups in total. The Morgan fingerprint density at radius 1 is 1.21 bits per heavy atom. The molecule has 3 rings (SSSR count). The number of rotatable bonds is 5. The summed E-state index contributed by atoms with van der Waals surface area (Å²) in [7, 11) is 0. The summed E-state index contributed by atoms with van der Waals surface area (Å²) in [6.45, 7) is 8.65. The fourth-order valence-corrected chi connectivity index (χ4v) is 4.55. The van der Waals surface area contributed by atoms with Crippen molar-refractivity contribution in [2.24, 2.45) is 0 Å². The van der Waals surface area contributed by atoms with Crippen molar-refractivity contribution in [3.8, 4) is 0 Å². The van der Waals surface area contributed by atoms with Crippen molar-refractivity contribution in [1.29, 1.82) is 0 Å². The van der Waals surface area contributed by atoms with Crippen LogP contribution in [0.25, 0.3) is 0 Å². The SMILES string of the molecule is Cc1csc(SCC(=O)N2CCN(Cc3ccccc3C)CC2)n1. The van der Waals surface area contributed by atoms with Crippen LogP contribution in [0.2, 0.25) is 0 Å². The summed E-state index contributed by atoms with van der Waals surface area (Å²) in [5, 5.41) is 2.02. The predicted molar refractivity (Wildman–Crippen MR) is 101 cm³/mol. The molecule has 128 valence electrons. The second-order valence-corrected chi connectivity index (χ2v) is 8.21. The average Bonchev–Trinajstić information content (AvgIpc) is 3.01. The minimum absolute atomic E-state index is 0.225. The standard InChI is InChI=1S/C18H23N3OS2/c1-14-5-3-4-6-16(14)11-20-7-9-21(10-8-20)17(22)13-24-18-19-15(2)12-23-18/h3-6,12H,7-11,13H2,1-2H3. The minimum Gasteiger partial charge on any atom is -0.339 e. The number of carbonyl (C=O) groups excluding carboxylic acids is 1. The van der Waals surface area contributed by atoms with Crippen LogP contribution >= 0.6 is 23.1 Å². The Morgan fingerprint density at radius 3 is 2.62 bits per heavy atom. The topological polar surface area (TPSA) is 36.4 Å². The number of hydrogen-bond donors (Lipinski definition) is 0. The number of thiazole rings is 1. The van der Waals surface area contributed by atoms with E-state index in [9.17, 15) is 4.79 Å². The second-order valence-electron chi connectivity index (χ2n) is 6.13. The van der Waals surface area contributed by atoms with Crippen molar-refractivity contribution in [3.63, 3.8) is 0 Å². The van der Waals surface area contributed by atoms with Crippen molar-refractivity contribution >= 4 is 29.0 Å². The van der Waals surface area contributed by atoms with Crippen molar-refractivity contribution in [2.75, 3.05) is 31.9 Å². The first-order valence-corrected chi connectivity index (χ1v) is 10.1. The number of amides is 1. The van der Waals surface area contributed by atoms with Crippen LogP contribution in [0.15, 0.2) is 34.0 Å². The molecule has 1 aliphatic heterocycles. The quantitative estimate of drug-likeness (QED) is 0.767. The van der Waals surface area contributed by atoms with E-state index in [-0.39, 0.29) is 5.91 Å². The molecule has 1 saturated heterocycles. The maximum Gasteiger partial charge on any atom is 0.233 e. The molecule has 0 bridgehead atoms. The summed E-state index contributed by atoms with van der Waals surface area (Å²) < 4.78 is 0.985. The number of benzene rings is 1. The first kappa shape index (κ1) is 17.5. The van der Waals surface area contributed by atoms with Crippen molar-refractivity contribution in [1.82, 2.24) is 14.8 Å². The number of piperazine rings is 1. The van der Waals surface area contributed by atoms with E-state index in [2.05, 4.69) is 41.1 Å². The van der Waals surface area contributed by atoms with Crippen molar-refractivity contribution < 1.29 is 4.79 Å². The Bertz CT molecular complexity index is 693. The van der Waals surface area contributed by atoms with E-state index in [1.807, 2.05) is 17.2 Å². The average molecular weight is 362 g/mol. The number of nitrogens with zero attached hydrogens (tertiary/aromatic N) is 3. The minimum atomic E-state index is 0.225. The number of hydrogen-bond acceptors (Lipinski definition) is 5. The van der Waals surface area contributed by atoms with E-state index in [0.29, 0.717) is 5.75 Å². The third-order valence-corrected chi connectivity index (χ3v) is 6.42. The fraction of sp³-hybridized carbons (Fsp3) is 0.444. The summed E-state index contributed by atoms with van der Waals surface area (Å²) in [4.78, 5) is 21.2. The van der Waals surface area contributed by atoms with Crippen LogP contribution < -0.4 is 0 Å². The molecule has 0 saturated carbocycles. The molecule has 1 aliphatic rings. The van der Waals surface area contributed by atoms with Crippen LogP contribution in [-0.4, -0.2) is 52.6 Å². The van der Waals surface area contributed by atoms with Crippen LogP contribution in [-0.2, 0) is 11.3 Å². The van der Waals surface area contributed by atoms with Gasteiger partial charge in [-0.25, -0.2) is 4.98 Å². The van der Waals surface area contributed by atoms with Gasteiger partial charge in [0.2, 0.25) is 5.91 Å². The molecular formula is C18H23N3OS2. The Hall–Kier alpha value is -1.37. The Kier molecular flexibility index (Phi) is 5.92. The summed E-state index contributed by atoms with van der Waals surface area (Å²) in [5.74, 6) is 0.716. The lowest BCUT2D eigenvalue weighted by Gasteiger charge is -2.35. The smallest absolute Gasteiger partial charge is 0.233 e. The highest BCUT2D eigenvalue weighted by atomic mass is 32.2. The van der Waals surface area contributed by atoms with E-state index in [4.69, 9.17) is 0 Å². The summed E-state index contributed by atoms with van der Waals surface area (Å²) in [6, 6.07) is 8.53. The van der Waals surface area contributed by atoms with Gasteiger partial charge in [-0.3, -0.25) is 9.69 Å². The first-order chi connectivity index (χ1) is 11.6. The molecule has 0 atom stereocenters. The van der Waals surface area contributed by atoms with Gasteiger partial charge in [0.05, 0.1) is 5.75 Å². The molecule has 2 aromatic rings. The van der Waals surface area contributed by atoms with Gasteiger partial charge in [0.1, 0.15) is 0 Å². The maximum absolute atomic E-state index is 12.4. The molecule has 1 amide bonds. The Balaban J connectivity index is 1.44. The summed E-state index contributed by atoms with van der Waals surface area (Å²) >= 11 is 3.17. The van der Waals surface area contributed by atoms with Gasteiger partial charge in [0.25, 0.3) is 0 Å². The molecule has 24 heavy (non-hydrogen) atoms. The van der Waals surface area contributed by atoms with Crippen LogP contribution in [0, 0.1) is 13.8 Å². The summed E-state index contributed by atoms with van der Waals surface area (Å²) in [6.07, 6.45) is 0. The van der Waals surface area contributed by atoms with Gasteiger partial charge in [-0.2, -0.15) is 0 Å². The largest absolute Gasteiger partial charge is 0.339 e. The van der Waals surface area contributed by atoms with Crippen LogP contribution in [0.3, 0.4) is 0 Å². The van der Waals surface area contributed by atoms with E-state index < -0.39 is 0 Å². The van der Waals surface area contributed by atoms with E-state index in [1.165, 1.54) is 11.1 Å². The fourth-order valence-electron chi connectivity index (χ4n) is 2.80. The van der Waals surface area contributed by atoms with Crippen molar-refractivity contribution in [2.45, 2.75) is 24.7 Å². The Morgan fingerprint density at radius 2 is 1.96 bits per heavy atom. The normalized spacial score (nSPS) is 15.7. The molecule has 1 fully saturated rings. The zero-order chi connectivity index (χ0) is 16.9. The van der Waals surface area contributed by atoms with Gasteiger partial charge < -0.3 is 4.90 Å². The van der Waals surface area contributed by atoms with Crippen LogP contribution in [0.1, 0.15) is 16.8 Å². The molecule has 4 nitrogen and oxygen atoms in total. The molecule has 6 heteroatoms. The molecule has 2 heterocycles. The lowest BCUT2D eigenvalue weighted by atomic mass is 10.1. The second kappa shape index (κ2) is 8.14. The molecule has 0 aliphatic carbocycles. The number of aryl methyl sites for hydroxylation is 2. The first-order valence-electron chi connectivity index (χ1n) is 8.21. The molecule has 0 radical (unpaired) electrons. The van der Waals surface area contributed by atoms with Crippen molar-refractivity contribution in [3.05, 3.63) is 46.5 Å². The van der Waals surface area contributed by atoms with Gasteiger partial charge >= 0.3 is 0 Å². The van der Waals surface area contributed by atoms with E-state index in [1.54, 1.807) is 23.1 Å². The molecule has 1 aromatic carbocycles.